The number of aliphatic hydroxyl groups excluding tert-OH is 1. The molecule has 1 aromatic carbocycles. The zero-order valence-corrected chi connectivity index (χ0v) is 19.2. The number of allylic oxidation sites excluding steroid dienone is 2. The first-order chi connectivity index (χ1) is 16.3. The third kappa shape index (κ3) is 3.75. The molecule has 8 heteroatoms. The second-order valence-corrected chi connectivity index (χ2v) is 9.70. The number of ether oxygens (including phenoxy) is 1. The Labute approximate surface area is 197 Å². The van der Waals surface area contributed by atoms with Crippen LogP contribution in [0.5, 0.6) is 5.75 Å². The summed E-state index contributed by atoms with van der Waals surface area (Å²) >= 11 is 0. The molecule has 1 spiro atoms. The Morgan fingerprint density at radius 1 is 1.29 bits per heavy atom. The van der Waals surface area contributed by atoms with E-state index in [9.17, 15) is 18.7 Å². The molecule has 1 amide bonds. The van der Waals surface area contributed by atoms with Gasteiger partial charge in [-0.1, -0.05) is 13.2 Å². The van der Waals surface area contributed by atoms with Crippen LogP contribution in [0.25, 0.3) is 10.9 Å². The molecule has 2 fully saturated rings. The van der Waals surface area contributed by atoms with Gasteiger partial charge in [0.15, 0.2) is 0 Å². The van der Waals surface area contributed by atoms with Crippen molar-refractivity contribution in [1.82, 2.24) is 14.8 Å². The molecule has 1 atom stereocenters. The minimum atomic E-state index is -0.760. The van der Waals surface area contributed by atoms with Crippen LogP contribution < -0.4 is 4.74 Å². The quantitative estimate of drug-likeness (QED) is 0.604. The van der Waals surface area contributed by atoms with E-state index in [1.54, 1.807) is 7.11 Å². The van der Waals surface area contributed by atoms with Crippen LogP contribution in [0.4, 0.5) is 8.78 Å². The van der Waals surface area contributed by atoms with E-state index in [-0.39, 0.29) is 36.0 Å². The molecule has 0 bridgehead atoms. The number of amides is 1. The number of carbonyl (C=O) groups is 1. The SMILES string of the molecule is C=C(F)/C=C(/CN1CC2(CN(C(=O)C3CC3)C2)c2c([nH]c3cc(OC)ccc23)C1CO)C(=C)F. The van der Waals surface area contributed by atoms with Crippen molar-refractivity contribution in [3.05, 3.63) is 65.9 Å². The van der Waals surface area contributed by atoms with Crippen LogP contribution >= 0.6 is 0 Å². The largest absolute Gasteiger partial charge is 0.497 e. The number of H-pyrrole nitrogens is 1. The number of methoxy groups -OCH3 is 1. The fourth-order valence-corrected chi connectivity index (χ4v) is 5.58. The predicted octanol–water partition coefficient (Wildman–Crippen LogP) is 3.91. The van der Waals surface area contributed by atoms with E-state index >= 15 is 0 Å². The highest BCUT2D eigenvalue weighted by molar-refractivity contribution is 5.89. The lowest BCUT2D eigenvalue weighted by molar-refractivity contribution is -0.142. The Bertz CT molecular complexity index is 1210. The zero-order valence-electron chi connectivity index (χ0n) is 19.2. The number of carbonyl (C=O) groups excluding carboxylic acids is 1. The van der Waals surface area contributed by atoms with Gasteiger partial charge in [0.1, 0.15) is 17.4 Å². The van der Waals surface area contributed by atoms with Crippen LogP contribution in [-0.2, 0) is 10.2 Å². The maximum absolute atomic E-state index is 14.2. The van der Waals surface area contributed by atoms with Crippen molar-refractivity contribution in [3.63, 3.8) is 0 Å². The normalized spacial score (nSPS) is 21.9. The number of likely N-dealkylation sites (tertiary alicyclic amines) is 1. The summed E-state index contributed by atoms with van der Waals surface area (Å²) in [6, 6.07) is 5.36. The molecule has 3 aliphatic rings. The molecule has 5 rings (SSSR count). The second-order valence-electron chi connectivity index (χ2n) is 9.70. The molecule has 1 saturated heterocycles. The fourth-order valence-electron chi connectivity index (χ4n) is 5.58. The van der Waals surface area contributed by atoms with Crippen molar-refractivity contribution >= 4 is 16.8 Å². The smallest absolute Gasteiger partial charge is 0.225 e. The van der Waals surface area contributed by atoms with E-state index in [2.05, 4.69) is 18.1 Å². The highest BCUT2D eigenvalue weighted by atomic mass is 19.1. The molecule has 34 heavy (non-hydrogen) atoms. The number of aromatic amines is 1. The van der Waals surface area contributed by atoms with Crippen LogP contribution in [0, 0.1) is 5.92 Å². The Morgan fingerprint density at radius 2 is 2.03 bits per heavy atom. The number of nitrogens with zero attached hydrogens (tertiary/aromatic N) is 2. The summed E-state index contributed by atoms with van der Waals surface area (Å²) in [6.45, 7) is 8.00. The maximum atomic E-state index is 14.2. The highest BCUT2D eigenvalue weighted by Gasteiger charge is 2.55. The van der Waals surface area contributed by atoms with Gasteiger partial charge in [0.05, 0.1) is 19.8 Å². The molecule has 0 radical (unpaired) electrons. The second kappa shape index (κ2) is 8.36. The van der Waals surface area contributed by atoms with E-state index in [1.807, 2.05) is 28.0 Å². The predicted molar refractivity (Wildman–Crippen MR) is 126 cm³/mol. The van der Waals surface area contributed by atoms with E-state index < -0.39 is 17.7 Å². The van der Waals surface area contributed by atoms with E-state index in [0.717, 1.165) is 41.1 Å². The van der Waals surface area contributed by atoms with Crippen LogP contribution in [0.1, 0.15) is 30.1 Å². The number of hydrogen-bond donors (Lipinski definition) is 2. The third-order valence-electron chi connectivity index (χ3n) is 7.30. The van der Waals surface area contributed by atoms with Crippen molar-refractivity contribution in [2.45, 2.75) is 24.3 Å². The first-order valence-corrected chi connectivity index (χ1v) is 11.5. The van der Waals surface area contributed by atoms with Gasteiger partial charge in [0, 0.05) is 65.7 Å². The number of nitrogens with one attached hydrogen (secondary N) is 1. The molecule has 2 aromatic rings. The summed E-state index contributed by atoms with van der Waals surface area (Å²) in [5.41, 5.74) is 2.48. The van der Waals surface area contributed by atoms with Crippen LogP contribution in [0.15, 0.2) is 54.7 Å². The Balaban J connectivity index is 1.58. The molecule has 1 saturated carbocycles. The van der Waals surface area contributed by atoms with E-state index in [0.29, 0.717) is 25.4 Å². The van der Waals surface area contributed by atoms with Gasteiger partial charge in [-0.15, -0.1) is 0 Å². The van der Waals surface area contributed by atoms with Gasteiger partial charge in [0.2, 0.25) is 5.91 Å². The number of aliphatic hydroxyl groups is 1. The number of halogens is 2. The average Bonchev–Trinajstić information content (AvgIpc) is 3.55. The van der Waals surface area contributed by atoms with Crippen molar-refractivity contribution in [2.75, 3.05) is 39.9 Å². The Morgan fingerprint density at radius 3 is 2.62 bits per heavy atom. The van der Waals surface area contributed by atoms with Gasteiger partial charge in [-0.25, -0.2) is 8.78 Å². The maximum Gasteiger partial charge on any atom is 0.225 e. The van der Waals surface area contributed by atoms with Gasteiger partial charge in [-0.05, 0) is 36.6 Å². The van der Waals surface area contributed by atoms with Crippen molar-refractivity contribution in [3.8, 4) is 5.75 Å². The van der Waals surface area contributed by atoms with Crippen LogP contribution in [0.3, 0.4) is 0 Å². The number of benzene rings is 1. The highest BCUT2D eigenvalue weighted by Crippen LogP contribution is 2.50. The van der Waals surface area contributed by atoms with Gasteiger partial charge >= 0.3 is 0 Å². The summed E-state index contributed by atoms with van der Waals surface area (Å²) in [5, 5.41) is 11.4. The molecular formula is C26H29F2N3O3. The van der Waals surface area contributed by atoms with Crippen LogP contribution in [-0.4, -0.2) is 65.7 Å². The van der Waals surface area contributed by atoms with Gasteiger partial charge < -0.3 is 19.7 Å². The van der Waals surface area contributed by atoms with Gasteiger partial charge in [-0.2, -0.15) is 0 Å². The summed E-state index contributed by atoms with van der Waals surface area (Å²) in [7, 11) is 1.60. The summed E-state index contributed by atoms with van der Waals surface area (Å²) in [5.74, 6) is -0.470. The topological polar surface area (TPSA) is 68.8 Å². The standard InChI is InChI=1S/C26H29F2N3O3/c1-15(27)8-18(16(2)28)10-30-12-26(13-31(14-26)25(33)17-4-5-17)23-20-7-6-19(34-3)9-21(20)29-24(23)22(30)11-32/h6-9,17,22,29,32H,1-2,4-5,10-14H2,3H3/b18-8-. The lowest BCUT2D eigenvalue weighted by Crippen LogP contribution is -2.67. The molecule has 1 aliphatic carbocycles. The lowest BCUT2D eigenvalue weighted by atomic mass is 9.68. The number of fused-ring (bicyclic) bond motifs is 4. The summed E-state index contributed by atoms with van der Waals surface area (Å²) < 4.78 is 33.1. The number of hydrogen-bond acceptors (Lipinski definition) is 4. The van der Waals surface area contributed by atoms with Crippen molar-refractivity contribution < 1.29 is 23.4 Å². The Kier molecular flexibility index (Phi) is 5.61. The molecule has 180 valence electrons. The first-order valence-electron chi connectivity index (χ1n) is 11.5. The molecule has 2 N–H and O–H groups in total. The average molecular weight is 470 g/mol. The molecule has 3 heterocycles. The van der Waals surface area contributed by atoms with Crippen molar-refractivity contribution in [2.24, 2.45) is 5.92 Å². The Hall–Kier alpha value is -2.97. The minimum absolute atomic E-state index is 0.0555. The minimum Gasteiger partial charge on any atom is -0.497 e. The monoisotopic (exact) mass is 469 g/mol. The molecule has 2 aliphatic heterocycles. The molecule has 6 nitrogen and oxygen atoms in total. The number of aromatic nitrogens is 1. The zero-order chi connectivity index (χ0) is 24.2. The van der Waals surface area contributed by atoms with Crippen LogP contribution in [0.2, 0.25) is 0 Å². The van der Waals surface area contributed by atoms with E-state index in [1.165, 1.54) is 0 Å². The van der Waals surface area contributed by atoms with Gasteiger partial charge in [0.25, 0.3) is 0 Å². The first kappa shape index (κ1) is 22.8. The summed E-state index contributed by atoms with van der Waals surface area (Å²) in [4.78, 5) is 20.0. The lowest BCUT2D eigenvalue weighted by Gasteiger charge is -2.56. The fraction of sp³-hybridized carbons (Fsp3) is 0.423. The van der Waals surface area contributed by atoms with E-state index in [4.69, 9.17) is 4.74 Å². The number of rotatable bonds is 7. The van der Waals surface area contributed by atoms with Crippen molar-refractivity contribution in [1.29, 1.82) is 0 Å². The third-order valence-corrected chi connectivity index (χ3v) is 7.30. The molecule has 1 aromatic heterocycles. The molecule has 1 unspecified atom stereocenters. The summed E-state index contributed by atoms with van der Waals surface area (Å²) in [6.07, 6.45) is 2.93. The molecular weight excluding hydrogens is 440 g/mol. The van der Waals surface area contributed by atoms with Gasteiger partial charge in [-0.3, -0.25) is 9.69 Å².